The van der Waals surface area contributed by atoms with Gasteiger partial charge in [0.25, 0.3) is 5.91 Å². The van der Waals surface area contributed by atoms with Crippen LogP contribution in [0, 0.1) is 0 Å². The third-order valence-electron chi connectivity index (χ3n) is 5.48. The van der Waals surface area contributed by atoms with Crippen molar-refractivity contribution in [2.75, 3.05) is 17.7 Å². The molecule has 0 bridgehead atoms. The zero-order valence-corrected chi connectivity index (χ0v) is 19.4. The molecule has 168 valence electrons. The first-order chi connectivity index (χ1) is 16.6. The number of thiophene rings is 1. The zero-order chi connectivity index (χ0) is 23.5. The number of hydrogen-bond donors (Lipinski definition) is 2. The topological polar surface area (TPSA) is 77.2 Å². The Bertz CT molecular complexity index is 1450. The molecule has 5 rings (SSSR count). The largest absolute Gasteiger partial charge is 0.494 e. The molecule has 6 heteroatoms. The molecule has 2 aromatic heterocycles. The van der Waals surface area contributed by atoms with Crippen molar-refractivity contribution < 1.29 is 9.53 Å². The van der Waals surface area contributed by atoms with E-state index in [2.05, 4.69) is 5.32 Å². The number of anilines is 2. The quantitative estimate of drug-likeness (QED) is 0.287. The summed E-state index contributed by atoms with van der Waals surface area (Å²) in [4.78, 5) is 19.2. The minimum atomic E-state index is -0.259. The van der Waals surface area contributed by atoms with E-state index in [-0.39, 0.29) is 5.91 Å². The minimum Gasteiger partial charge on any atom is -0.494 e. The van der Waals surface area contributed by atoms with E-state index in [0.717, 1.165) is 38.4 Å². The molecular formula is C28H23N3O2S. The van der Waals surface area contributed by atoms with Crippen LogP contribution in [0.1, 0.15) is 16.6 Å². The van der Waals surface area contributed by atoms with Gasteiger partial charge in [-0.1, -0.05) is 60.7 Å². The van der Waals surface area contributed by atoms with Crippen LogP contribution < -0.4 is 15.8 Å². The van der Waals surface area contributed by atoms with Gasteiger partial charge < -0.3 is 15.8 Å². The average Bonchev–Trinajstić information content (AvgIpc) is 3.22. The summed E-state index contributed by atoms with van der Waals surface area (Å²) in [5, 5.41) is 3.74. The lowest BCUT2D eigenvalue weighted by atomic mass is 9.99. The number of nitrogens with two attached hydrogens (primary N) is 1. The van der Waals surface area contributed by atoms with Crippen LogP contribution in [0.5, 0.6) is 5.75 Å². The van der Waals surface area contributed by atoms with E-state index in [1.807, 2.05) is 97.9 Å². The van der Waals surface area contributed by atoms with E-state index in [4.69, 9.17) is 15.5 Å². The van der Waals surface area contributed by atoms with E-state index in [1.54, 1.807) is 0 Å². The maximum absolute atomic E-state index is 13.2. The molecule has 0 atom stereocenters. The number of amides is 1. The lowest BCUT2D eigenvalue weighted by molar-refractivity contribution is 0.103. The van der Waals surface area contributed by atoms with Gasteiger partial charge in [-0.25, -0.2) is 4.98 Å². The highest BCUT2D eigenvalue weighted by Gasteiger charge is 2.21. The van der Waals surface area contributed by atoms with Gasteiger partial charge in [0, 0.05) is 16.6 Å². The van der Waals surface area contributed by atoms with Gasteiger partial charge in [0.05, 0.1) is 18.0 Å². The third-order valence-corrected chi connectivity index (χ3v) is 6.58. The molecule has 5 aromatic rings. The number of aromatic nitrogens is 1. The van der Waals surface area contributed by atoms with Crippen LogP contribution in [0.25, 0.3) is 32.6 Å². The van der Waals surface area contributed by atoms with Gasteiger partial charge in [-0.3, -0.25) is 4.79 Å². The number of nitrogens with one attached hydrogen (secondary N) is 1. The Balaban J connectivity index is 1.59. The molecule has 0 aliphatic carbocycles. The Morgan fingerprint density at radius 3 is 2.24 bits per heavy atom. The third kappa shape index (κ3) is 4.23. The molecule has 0 spiro atoms. The van der Waals surface area contributed by atoms with E-state index in [0.29, 0.717) is 22.9 Å². The molecule has 2 heterocycles. The molecule has 0 radical (unpaired) electrons. The van der Waals surface area contributed by atoms with Gasteiger partial charge in [-0.15, -0.1) is 11.3 Å². The summed E-state index contributed by atoms with van der Waals surface area (Å²) >= 11 is 1.31. The number of carbonyl (C=O) groups is 1. The fourth-order valence-corrected chi connectivity index (χ4v) is 4.90. The second-order valence-electron chi connectivity index (χ2n) is 7.72. The number of benzene rings is 3. The summed E-state index contributed by atoms with van der Waals surface area (Å²) < 4.78 is 5.47. The van der Waals surface area contributed by atoms with Crippen LogP contribution in [0.4, 0.5) is 11.4 Å². The first-order valence-corrected chi connectivity index (χ1v) is 11.8. The SMILES string of the molecule is CCOc1ccc(NC(=O)c2sc3nc(-c4ccccc4)cc(-c4ccccc4)c3c2N)cc1. The molecule has 0 fully saturated rings. The number of nitrogens with zero attached hydrogens (tertiary/aromatic N) is 1. The summed E-state index contributed by atoms with van der Waals surface area (Å²) in [6.45, 7) is 2.52. The Labute approximate surface area is 201 Å². The predicted octanol–water partition coefficient (Wildman–Crippen LogP) is 6.86. The first-order valence-electron chi connectivity index (χ1n) is 11.0. The van der Waals surface area contributed by atoms with Crippen molar-refractivity contribution in [2.24, 2.45) is 0 Å². The van der Waals surface area contributed by atoms with E-state index in [1.165, 1.54) is 11.3 Å². The lowest BCUT2D eigenvalue weighted by Crippen LogP contribution is -2.11. The van der Waals surface area contributed by atoms with Gasteiger partial charge in [0.2, 0.25) is 0 Å². The average molecular weight is 466 g/mol. The Hall–Kier alpha value is -4.16. The standard InChI is InChI=1S/C28H23N3O2S/c1-2-33-21-15-13-20(14-16-21)30-27(32)26-25(29)24-22(18-9-5-3-6-10-18)17-23(31-28(24)34-26)19-11-7-4-8-12-19/h3-17H,2,29H2,1H3,(H,30,32). The smallest absolute Gasteiger partial charge is 0.267 e. The number of hydrogen-bond acceptors (Lipinski definition) is 5. The highest BCUT2D eigenvalue weighted by Crippen LogP contribution is 2.41. The zero-order valence-electron chi connectivity index (χ0n) is 18.6. The number of rotatable bonds is 6. The summed E-state index contributed by atoms with van der Waals surface area (Å²) in [5.74, 6) is 0.497. The Kier molecular flexibility index (Phi) is 5.97. The summed E-state index contributed by atoms with van der Waals surface area (Å²) in [6, 6.07) is 29.4. The normalized spacial score (nSPS) is 10.9. The molecule has 0 unspecified atom stereocenters. The van der Waals surface area contributed by atoms with Crippen LogP contribution in [0.15, 0.2) is 91.0 Å². The molecule has 3 aromatic carbocycles. The number of nitrogen functional groups attached to an aromatic ring is 1. The van der Waals surface area contributed by atoms with Crippen molar-refractivity contribution in [1.29, 1.82) is 0 Å². The minimum absolute atomic E-state index is 0.259. The molecule has 5 nitrogen and oxygen atoms in total. The van der Waals surface area contributed by atoms with E-state index < -0.39 is 0 Å². The number of pyridine rings is 1. The summed E-state index contributed by atoms with van der Waals surface area (Å²) in [5.41, 5.74) is 11.5. The summed E-state index contributed by atoms with van der Waals surface area (Å²) in [7, 11) is 0. The molecular weight excluding hydrogens is 442 g/mol. The maximum Gasteiger partial charge on any atom is 0.267 e. The van der Waals surface area contributed by atoms with Crippen LogP contribution in [-0.2, 0) is 0 Å². The highest BCUT2D eigenvalue weighted by molar-refractivity contribution is 7.21. The van der Waals surface area contributed by atoms with Gasteiger partial charge in [-0.2, -0.15) is 0 Å². The molecule has 0 saturated heterocycles. The Morgan fingerprint density at radius 1 is 0.941 bits per heavy atom. The molecule has 3 N–H and O–H groups in total. The molecule has 34 heavy (non-hydrogen) atoms. The number of ether oxygens (including phenoxy) is 1. The van der Waals surface area contributed by atoms with Crippen LogP contribution in [-0.4, -0.2) is 17.5 Å². The maximum atomic E-state index is 13.2. The highest BCUT2D eigenvalue weighted by atomic mass is 32.1. The molecule has 1 amide bonds. The van der Waals surface area contributed by atoms with Crippen molar-refractivity contribution in [3.8, 4) is 28.1 Å². The first kappa shape index (κ1) is 21.7. The van der Waals surface area contributed by atoms with Crippen molar-refractivity contribution in [2.45, 2.75) is 6.92 Å². The van der Waals surface area contributed by atoms with Crippen molar-refractivity contribution in [1.82, 2.24) is 4.98 Å². The predicted molar refractivity (Wildman–Crippen MR) is 140 cm³/mol. The summed E-state index contributed by atoms with van der Waals surface area (Å²) in [6.07, 6.45) is 0. The second kappa shape index (κ2) is 9.37. The molecule has 0 aliphatic heterocycles. The monoisotopic (exact) mass is 465 g/mol. The van der Waals surface area contributed by atoms with Crippen molar-refractivity contribution in [3.63, 3.8) is 0 Å². The Morgan fingerprint density at radius 2 is 1.59 bits per heavy atom. The van der Waals surface area contributed by atoms with Crippen molar-refractivity contribution in [3.05, 3.63) is 95.9 Å². The fraction of sp³-hybridized carbons (Fsp3) is 0.0714. The number of fused-ring (bicyclic) bond motifs is 1. The molecule has 0 saturated carbocycles. The van der Waals surface area contributed by atoms with Gasteiger partial charge in [0.1, 0.15) is 15.5 Å². The van der Waals surface area contributed by atoms with Crippen LogP contribution in [0.2, 0.25) is 0 Å². The van der Waals surface area contributed by atoms with E-state index in [9.17, 15) is 4.79 Å². The van der Waals surface area contributed by atoms with Crippen molar-refractivity contribution >= 4 is 38.8 Å². The van der Waals surface area contributed by atoms with Gasteiger partial charge >= 0.3 is 0 Å². The molecule has 0 aliphatic rings. The van der Waals surface area contributed by atoms with Gasteiger partial charge in [-0.05, 0) is 48.4 Å². The number of carbonyl (C=O) groups excluding carboxylic acids is 1. The van der Waals surface area contributed by atoms with Crippen LogP contribution >= 0.6 is 11.3 Å². The van der Waals surface area contributed by atoms with Gasteiger partial charge in [0.15, 0.2) is 0 Å². The fourth-order valence-electron chi connectivity index (χ4n) is 3.88. The second-order valence-corrected chi connectivity index (χ2v) is 8.72. The van der Waals surface area contributed by atoms with E-state index >= 15 is 0 Å². The lowest BCUT2D eigenvalue weighted by Gasteiger charge is -2.09. The van der Waals surface area contributed by atoms with Crippen LogP contribution in [0.3, 0.4) is 0 Å².